The van der Waals surface area contributed by atoms with Crippen LogP contribution in [0.1, 0.15) is 69.3 Å². The summed E-state index contributed by atoms with van der Waals surface area (Å²) < 4.78 is 9.74. The van der Waals surface area contributed by atoms with E-state index in [1.165, 1.54) is 5.56 Å². The van der Waals surface area contributed by atoms with Gasteiger partial charge in [-0.15, -0.1) is 0 Å². The first-order chi connectivity index (χ1) is 19.7. The van der Waals surface area contributed by atoms with Crippen LogP contribution in [-0.4, -0.2) is 19.2 Å². The first-order valence-electron chi connectivity index (χ1n) is 13.9. The molecule has 5 rings (SSSR count). The summed E-state index contributed by atoms with van der Waals surface area (Å²) in [5.74, 6) is 0. The van der Waals surface area contributed by atoms with Crippen LogP contribution in [-0.2, 0) is 18.0 Å². The number of ether oxygens (including phenoxy) is 1. The van der Waals surface area contributed by atoms with Gasteiger partial charge in [0.1, 0.15) is 6.10 Å². The third kappa shape index (κ3) is 6.40. The van der Waals surface area contributed by atoms with Crippen LogP contribution in [0.5, 0.6) is 0 Å². The maximum atomic E-state index is 13.9. The molecule has 0 amide bonds. The van der Waals surface area contributed by atoms with Crippen molar-refractivity contribution in [2.75, 3.05) is 0 Å². The second-order valence-corrected chi connectivity index (χ2v) is 11.0. The van der Waals surface area contributed by atoms with Gasteiger partial charge in [0.2, 0.25) is 0 Å². The van der Waals surface area contributed by atoms with Crippen LogP contribution in [0.2, 0.25) is 0 Å². The van der Waals surface area contributed by atoms with Gasteiger partial charge in [0.05, 0.1) is 36.8 Å². The SMILES string of the molecule is Cc1ccc(COCc2cc(C(O)c3ccc(-n4cnc(C)c4)c(C)c3)c(=O)n([C@@H](C)c3ccc(C)cc3)c2)cc1. The van der Waals surface area contributed by atoms with E-state index in [0.717, 1.165) is 39.2 Å². The van der Waals surface area contributed by atoms with Crippen molar-refractivity contribution in [3.8, 4) is 5.69 Å². The summed E-state index contributed by atoms with van der Waals surface area (Å²) >= 11 is 0. The lowest BCUT2D eigenvalue weighted by Gasteiger charge is -2.21. The number of aliphatic hydroxyl groups excluding tert-OH is 1. The summed E-state index contributed by atoms with van der Waals surface area (Å²) in [6, 6.07) is 23.8. The van der Waals surface area contributed by atoms with Gasteiger partial charge in [-0.3, -0.25) is 4.79 Å². The highest BCUT2D eigenvalue weighted by molar-refractivity contribution is 5.45. The second kappa shape index (κ2) is 12.1. The van der Waals surface area contributed by atoms with Crippen molar-refractivity contribution in [1.29, 1.82) is 0 Å². The molecular formula is C35H37N3O3. The quantitative estimate of drug-likeness (QED) is 0.224. The van der Waals surface area contributed by atoms with Crippen molar-refractivity contribution in [1.82, 2.24) is 14.1 Å². The number of pyridine rings is 1. The van der Waals surface area contributed by atoms with Crippen LogP contribution < -0.4 is 5.56 Å². The first kappa shape index (κ1) is 28.3. The minimum absolute atomic E-state index is 0.222. The Kier molecular flexibility index (Phi) is 8.34. The molecule has 0 saturated carbocycles. The van der Waals surface area contributed by atoms with Crippen molar-refractivity contribution < 1.29 is 9.84 Å². The van der Waals surface area contributed by atoms with E-state index >= 15 is 0 Å². The van der Waals surface area contributed by atoms with Crippen LogP contribution in [0.3, 0.4) is 0 Å². The Hall–Kier alpha value is -4.26. The molecule has 1 unspecified atom stereocenters. The molecule has 2 heterocycles. The number of rotatable bonds is 9. The number of aliphatic hydroxyl groups is 1. The molecule has 0 aliphatic heterocycles. The first-order valence-corrected chi connectivity index (χ1v) is 13.9. The van der Waals surface area contributed by atoms with E-state index < -0.39 is 6.10 Å². The summed E-state index contributed by atoms with van der Waals surface area (Å²) in [7, 11) is 0. The highest BCUT2D eigenvalue weighted by atomic mass is 16.5. The van der Waals surface area contributed by atoms with Crippen LogP contribution in [0.15, 0.2) is 96.3 Å². The summed E-state index contributed by atoms with van der Waals surface area (Å²) in [6.07, 6.45) is 4.50. The Balaban J connectivity index is 1.48. The van der Waals surface area contributed by atoms with E-state index in [1.54, 1.807) is 17.0 Å². The van der Waals surface area contributed by atoms with E-state index in [4.69, 9.17) is 4.74 Å². The third-order valence-electron chi connectivity index (χ3n) is 7.58. The summed E-state index contributed by atoms with van der Waals surface area (Å²) in [6.45, 7) is 10.8. The molecule has 210 valence electrons. The standard InChI is InChI=1S/C35H37N3O3/c1-23-6-10-28(11-7-23)20-41-21-29-17-32(35(40)38(19-29)27(5)30-12-8-24(2)9-13-30)34(39)31-14-15-33(25(3)16-31)37-18-26(4)36-22-37/h6-19,22,27,34,39H,20-21H2,1-5H3/t27-,34?/m0/s1. The monoisotopic (exact) mass is 547 g/mol. The molecule has 1 N–H and O–H groups in total. The van der Waals surface area contributed by atoms with Gasteiger partial charge in [-0.1, -0.05) is 71.8 Å². The molecule has 0 aliphatic rings. The topological polar surface area (TPSA) is 69.3 Å². The molecule has 0 aliphatic carbocycles. The predicted molar refractivity (Wildman–Crippen MR) is 162 cm³/mol. The van der Waals surface area contributed by atoms with Crippen molar-refractivity contribution in [2.24, 2.45) is 0 Å². The molecule has 2 aromatic heterocycles. The predicted octanol–water partition coefficient (Wildman–Crippen LogP) is 6.68. The summed E-state index contributed by atoms with van der Waals surface area (Å²) in [5.41, 5.74) is 8.94. The summed E-state index contributed by atoms with van der Waals surface area (Å²) in [4.78, 5) is 18.2. The van der Waals surface area contributed by atoms with Crippen LogP contribution in [0, 0.1) is 27.7 Å². The number of aromatic nitrogens is 3. The number of benzene rings is 3. The van der Waals surface area contributed by atoms with E-state index in [0.29, 0.717) is 24.3 Å². The van der Waals surface area contributed by atoms with Gasteiger partial charge in [0, 0.05) is 18.1 Å². The zero-order valence-corrected chi connectivity index (χ0v) is 24.3. The summed E-state index contributed by atoms with van der Waals surface area (Å²) in [5, 5.41) is 11.6. The maximum Gasteiger partial charge on any atom is 0.257 e. The van der Waals surface area contributed by atoms with Gasteiger partial charge in [0.15, 0.2) is 0 Å². The molecular weight excluding hydrogens is 510 g/mol. The normalized spacial score (nSPS) is 12.8. The van der Waals surface area contributed by atoms with Crippen molar-refractivity contribution in [3.05, 3.63) is 152 Å². The Morgan fingerprint density at radius 2 is 1.44 bits per heavy atom. The van der Waals surface area contributed by atoms with E-state index in [9.17, 15) is 9.90 Å². The molecule has 0 spiro atoms. The smallest absolute Gasteiger partial charge is 0.257 e. The lowest BCUT2D eigenvalue weighted by molar-refractivity contribution is 0.106. The van der Waals surface area contributed by atoms with E-state index in [1.807, 2.05) is 87.1 Å². The van der Waals surface area contributed by atoms with E-state index in [-0.39, 0.29) is 11.6 Å². The van der Waals surface area contributed by atoms with E-state index in [2.05, 4.69) is 36.2 Å². The number of imidazole rings is 1. The number of aryl methyl sites for hydroxylation is 4. The highest BCUT2D eigenvalue weighted by Gasteiger charge is 2.21. The molecule has 0 radical (unpaired) electrons. The fourth-order valence-corrected chi connectivity index (χ4v) is 5.10. The number of nitrogens with zero attached hydrogens (tertiary/aromatic N) is 3. The Labute approximate surface area is 241 Å². The highest BCUT2D eigenvalue weighted by Crippen LogP contribution is 2.26. The van der Waals surface area contributed by atoms with Crippen LogP contribution in [0.4, 0.5) is 0 Å². The lowest BCUT2D eigenvalue weighted by Crippen LogP contribution is -2.29. The largest absolute Gasteiger partial charge is 0.383 e. The molecule has 0 saturated heterocycles. The Bertz CT molecular complexity index is 1700. The molecule has 3 aromatic carbocycles. The van der Waals surface area contributed by atoms with Gasteiger partial charge in [-0.05, 0) is 74.6 Å². The molecule has 6 heteroatoms. The molecule has 6 nitrogen and oxygen atoms in total. The van der Waals surface area contributed by atoms with Gasteiger partial charge < -0.3 is 19.0 Å². The van der Waals surface area contributed by atoms with Gasteiger partial charge in [-0.2, -0.15) is 0 Å². The van der Waals surface area contributed by atoms with Gasteiger partial charge >= 0.3 is 0 Å². The lowest BCUT2D eigenvalue weighted by atomic mass is 9.98. The average Bonchev–Trinajstić information content (AvgIpc) is 3.40. The van der Waals surface area contributed by atoms with Gasteiger partial charge in [0.25, 0.3) is 5.56 Å². The fraction of sp³-hybridized carbons (Fsp3) is 0.257. The maximum absolute atomic E-state index is 13.9. The number of hydrogen-bond donors (Lipinski definition) is 1. The van der Waals surface area contributed by atoms with Crippen molar-refractivity contribution in [3.63, 3.8) is 0 Å². The Morgan fingerprint density at radius 1 is 0.805 bits per heavy atom. The zero-order valence-electron chi connectivity index (χ0n) is 24.3. The molecule has 0 fully saturated rings. The molecule has 0 bridgehead atoms. The van der Waals surface area contributed by atoms with Crippen LogP contribution in [0.25, 0.3) is 5.69 Å². The molecule has 5 aromatic rings. The van der Waals surface area contributed by atoms with Crippen molar-refractivity contribution >= 4 is 0 Å². The van der Waals surface area contributed by atoms with Gasteiger partial charge in [-0.25, -0.2) is 4.98 Å². The zero-order chi connectivity index (χ0) is 29.1. The third-order valence-corrected chi connectivity index (χ3v) is 7.58. The minimum atomic E-state index is -1.09. The molecule has 41 heavy (non-hydrogen) atoms. The average molecular weight is 548 g/mol. The number of hydrogen-bond acceptors (Lipinski definition) is 4. The van der Waals surface area contributed by atoms with Crippen molar-refractivity contribution in [2.45, 2.75) is 60.0 Å². The minimum Gasteiger partial charge on any atom is -0.383 e. The second-order valence-electron chi connectivity index (χ2n) is 11.0. The van der Waals surface area contributed by atoms with Crippen LogP contribution >= 0.6 is 0 Å². The molecule has 2 atom stereocenters. The Morgan fingerprint density at radius 3 is 2.07 bits per heavy atom. The fourth-order valence-electron chi connectivity index (χ4n) is 5.10.